The van der Waals surface area contributed by atoms with Crippen molar-refractivity contribution < 1.29 is 18.0 Å². The van der Waals surface area contributed by atoms with Crippen molar-refractivity contribution in [2.45, 2.75) is 51.2 Å². The molecule has 1 atom stereocenters. The first-order chi connectivity index (χ1) is 17.1. The van der Waals surface area contributed by atoms with Crippen LogP contribution in [0, 0.1) is 6.92 Å². The summed E-state index contributed by atoms with van der Waals surface area (Å²) in [6, 6.07) is 23.3. The van der Waals surface area contributed by atoms with E-state index in [0.29, 0.717) is 5.69 Å². The van der Waals surface area contributed by atoms with Crippen molar-refractivity contribution >= 4 is 27.5 Å². The Kier molecular flexibility index (Phi) is 8.88. The maximum atomic E-state index is 13.7. The molecule has 0 bridgehead atoms. The summed E-state index contributed by atoms with van der Waals surface area (Å²) in [5.41, 5.74) is 2.28. The molecule has 0 aliphatic carbocycles. The van der Waals surface area contributed by atoms with Crippen LogP contribution in [0.15, 0.2) is 89.8 Å². The van der Waals surface area contributed by atoms with Gasteiger partial charge in [0.05, 0.1) is 10.6 Å². The van der Waals surface area contributed by atoms with Crippen LogP contribution in [0.4, 0.5) is 5.69 Å². The fourth-order valence-electron chi connectivity index (χ4n) is 3.72. The molecule has 0 heterocycles. The van der Waals surface area contributed by atoms with Gasteiger partial charge in [0.25, 0.3) is 10.0 Å². The lowest BCUT2D eigenvalue weighted by Gasteiger charge is -2.32. The molecule has 0 spiro atoms. The summed E-state index contributed by atoms with van der Waals surface area (Å²) >= 11 is 0. The topological polar surface area (TPSA) is 86.8 Å². The summed E-state index contributed by atoms with van der Waals surface area (Å²) in [5, 5.41) is 2.85. The first-order valence-corrected chi connectivity index (χ1v) is 13.3. The number of rotatable bonds is 10. The van der Waals surface area contributed by atoms with Crippen molar-refractivity contribution in [3.63, 3.8) is 0 Å². The molecular formula is C28H33N3O4S. The van der Waals surface area contributed by atoms with Gasteiger partial charge >= 0.3 is 0 Å². The zero-order chi connectivity index (χ0) is 26.3. The molecule has 2 amide bonds. The number of benzene rings is 3. The molecule has 3 aromatic rings. The van der Waals surface area contributed by atoms with Crippen LogP contribution in [0.2, 0.25) is 0 Å². The van der Waals surface area contributed by atoms with Crippen LogP contribution < -0.4 is 9.62 Å². The number of nitrogens with zero attached hydrogens (tertiary/aromatic N) is 2. The molecule has 0 saturated carbocycles. The van der Waals surface area contributed by atoms with E-state index in [1.54, 1.807) is 55.5 Å². The standard InChI is InChI=1S/C28H33N3O4S/c1-21(2)29-28(33)23(4)30(19-24-17-15-22(3)16-18-24)27(32)20-31(25-11-7-5-8-12-25)36(34,35)26-13-9-6-10-14-26/h5-18,21,23H,19-20H2,1-4H3,(H,29,33). The molecule has 36 heavy (non-hydrogen) atoms. The van der Waals surface area contributed by atoms with Gasteiger partial charge in [0, 0.05) is 12.6 Å². The van der Waals surface area contributed by atoms with Crippen molar-refractivity contribution in [3.05, 3.63) is 96.1 Å². The number of nitrogens with one attached hydrogen (secondary N) is 1. The highest BCUT2D eigenvalue weighted by Gasteiger charge is 2.32. The van der Waals surface area contributed by atoms with Gasteiger partial charge in [0.1, 0.15) is 12.6 Å². The molecule has 190 valence electrons. The largest absolute Gasteiger partial charge is 0.352 e. The fourth-order valence-corrected chi connectivity index (χ4v) is 5.16. The Morgan fingerprint density at radius 3 is 1.94 bits per heavy atom. The van der Waals surface area contributed by atoms with E-state index in [1.165, 1.54) is 17.0 Å². The first-order valence-electron chi connectivity index (χ1n) is 11.9. The smallest absolute Gasteiger partial charge is 0.264 e. The van der Waals surface area contributed by atoms with Crippen LogP contribution in [0.25, 0.3) is 0 Å². The van der Waals surface area contributed by atoms with E-state index in [-0.39, 0.29) is 23.4 Å². The van der Waals surface area contributed by atoms with E-state index in [1.807, 2.05) is 45.0 Å². The molecule has 0 saturated heterocycles. The normalized spacial score (nSPS) is 12.1. The molecule has 0 radical (unpaired) electrons. The highest BCUT2D eigenvalue weighted by atomic mass is 32.2. The van der Waals surface area contributed by atoms with Crippen molar-refractivity contribution in [2.24, 2.45) is 0 Å². The number of hydrogen-bond donors (Lipinski definition) is 1. The quantitative estimate of drug-likeness (QED) is 0.447. The minimum absolute atomic E-state index is 0.0809. The van der Waals surface area contributed by atoms with Gasteiger partial charge in [-0.1, -0.05) is 66.2 Å². The van der Waals surface area contributed by atoms with Crippen LogP contribution in [0.1, 0.15) is 31.9 Å². The Balaban J connectivity index is 1.98. The van der Waals surface area contributed by atoms with Crippen LogP contribution in [-0.2, 0) is 26.2 Å². The van der Waals surface area contributed by atoms with E-state index < -0.39 is 28.5 Å². The number of aryl methyl sites for hydroxylation is 1. The lowest BCUT2D eigenvalue weighted by Crippen LogP contribution is -2.52. The van der Waals surface area contributed by atoms with E-state index in [4.69, 9.17) is 0 Å². The minimum Gasteiger partial charge on any atom is -0.352 e. The second-order valence-corrected chi connectivity index (χ2v) is 10.9. The molecular weight excluding hydrogens is 474 g/mol. The monoisotopic (exact) mass is 507 g/mol. The maximum Gasteiger partial charge on any atom is 0.264 e. The predicted molar refractivity (Wildman–Crippen MR) is 142 cm³/mol. The average molecular weight is 508 g/mol. The molecule has 1 N–H and O–H groups in total. The number of hydrogen-bond acceptors (Lipinski definition) is 4. The molecule has 0 aromatic heterocycles. The van der Waals surface area contributed by atoms with Crippen molar-refractivity contribution in [1.29, 1.82) is 0 Å². The molecule has 0 aliphatic rings. The number of sulfonamides is 1. The highest BCUT2D eigenvalue weighted by molar-refractivity contribution is 7.92. The number of amides is 2. The van der Waals surface area contributed by atoms with E-state index in [9.17, 15) is 18.0 Å². The van der Waals surface area contributed by atoms with E-state index in [0.717, 1.165) is 15.4 Å². The molecule has 3 aromatic carbocycles. The van der Waals surface area contributed by atoms with E-state index in [2.05, 4.69) is 5.32 Å². The second-order valence-electron chi connectivity index (χ2n) is 9.01. The van der Waals surface area contributed by atoms with Gasteiger partial charge in [0.2, 0.25) is 11.8 Å². The zero-order valence-corrected chi connectivity index (χ0v) is 21.9. The van der Waals surface area contributed by atoms with Gasteiger partial charge in [-0.25, -0.2) is 8.42 Å². The molecule has 7 nitrogen and oxygen atoms in total. The van der Waals surface area contributed by atoms with Gasteiger partial charge in [0.15, 0.2) is 0 Å². The third-order valence-corrected chi connectivity index (χ3v) is 7.51. The van der Waals surface area contributed by atoms with Crippen molar-refractivity contribution in [3.8, 4) is 0 Å². The van der Waals surface area contributed by atoms with Gasteiger partial charge in [-0.05, 0) is 57.5 Å². The van der Waals surface area contributed by atoms with Gasteiger partial charge in [-0.15, -0.1) is 0 Å². The molecule has 1 unspecified atom stereocenters. The van der Waals surface area contributed by atoms with Gasteiger partial charge in [-0.3, -0.25) is 13.9 Å². The Morgan fingerprint density at radius 2 is 1.39 bits per heavy atom. The van der Waals surface area contributed by atoms with Crippen LogP contribution in [0.5, 0.6) is 0 Å². The summed E-state index contributed by atoms with van der Waals surface area (Å²) in [6.07, 6.45) is 0. The summed E-state index contributed by atoms with van der Waals surface area (Å²) < 4.78 is 28.3. The molecule has 3 rings (SSSR count). The number of anilines is 1. The number of para-hydroxylation sites is 1. The first kappa shape index (κ1) is 26.9. The number of carbonyl (C=O) groups is 2. The highest BCUT2D eigenvalue weighted by Crippen LogP contribution is 2.24. The third-order valence-electron chi connectivity index (χ3n) is 5.73. The Bertz CT molecular complexity index is 1260. The Morgan fingerprint density at radius 1 is 0.833 bits per heavy atom. The van der Waals surface area contributed by atoms with Crippen molar-refractivity contribution in [1.82, 2.24) is 10.2 Å². The van der Waals surface area contributed by atoms with Crippen LogP contribution in [0.3, 0.4) is 0 Å². The zero-order valence-electron chi connectivity index (χ0n) is 21.1. The van der Waals surface area contributed by atoms with E-state index >= 15 is 0 Å². The minimum atomic E-state index is -4.04. The SMILES string of the molecule is Cc1ccc(CN(C(=O)CN(c2ccccc2)S(=O)(=O)c2ccccc2)C(C)C(=O)NC(C)C)cc1. The van der Waals surface area contributed by atoms with Crippen LogP contribution >= 0.6 is 0 Å². The number of carbonyl (C=O) groups excluding carboxylic acids is 2. The average Bonchev–Trinajstić information content (AvgIpc) is 2.87. The predicted octanol–water partition coefficient (Wildman–Crippen LogP) is 4.13. The molecule has 0 aliphatic heterocycles. The van der Waals surface area contributed by atoms with Gasteiger partial charge in [-0.2, -0.15) is 0 Å². The maximum absolute atomic E-state index is 13.7. The van der Waals surface area contributed by atoms with Gasteiger partial charge < -0.3 is 10.2 Å². The second kappa shape index (κ2) is 11.9. The fraction of sp³-hybridized carbons (Fsp3) is 0.286. The summed E-state index contributed by atoms with van der Waals surface area (Å²) in [6.45, 7) is 7.03. The van der Waals surface area contributed by atoms with Crippen LogP contribution in [-0.4, -0.2) is 43.8 Å². The lowest BCUT2D eigenvalue weighted by atomic mass is 10.1. The summed E-state index contributed by atoms with van der Waals surface area (Å²) in [7, 11) is -4.04. The molecule has 8 heteroatoms. The summed E-state index contributed by atoms with van der Waals surface area (Å²) in [4.78, 5) is 28.1. The molecule has 0 fully saturated rings. The third kappa shape index (κ3) is 6.73. The Hall–Kier alpha value is -3.65. The Labute approximate surface area is 213 Å². The van der Waals surface area contributed by atoms with Crippen molar-refractivity contribution in [2.75, 3.05) is 10.8 Å². The lowest BCUT2D eigenvalue weighted by molar-refractivity contribution is -0.139. The summed E-state index contributed by atoms with van der Waals surface area (Å²) in [5.74, 6) is -0.784.